The number of sulfonamides is 1. The summed E-state index contributed by atoms with van der Waals surface area (Å²) in [6, 6.07) is 10.8. The molecule has 1 heterocycles. The van der Waals surface area contributed by atoms with Crippen LogP contribution in [0.3, 0.4) is 0 Å². The minimum atomic E-state index is -3.44. The van der Waals surface area contributed by atoms with Gasteiger partial charge in [0.05, 0.1) is 8.68 Å². The van der Waals surface area contributed by atoms with Crippen molar-refractivity contribution >= 4 is 37.3 Å². The van der Waals surface area contributed by atoms with E-state index in [0.717, 1.165) is 20.6 Å². The van der Waals surface area contributed by atoms with Crippen LogP contribution < -0.4 is 10.5 Å². The van der Waals surface area contributed by atoms with E-state index in [-0.39, 0.29) is 4.90 Å². The molecule has 2 aromatic rings. The summed E-state index contributed by atoms with van der Waals surface area (Å²) in [4.78, 5) is 1.43. The molecule has 0 aliphatic carbocycles. The molecule has 0 aliphatic rings. The Balaban J connectivity index is 1.94. The summed E-state index contributed by atoms with van der Waals surface area (Å²) in [6.07, 6.45) is 1.43. The predicted molar refractivity (Wildman–Crippen MR) is 90.1 cm³/mol. The van der Waals surface area contributed by atoms with Gasteiger partial charge in [-0.15, -0.1) is 11.3 Å². The normalized spacial score (nSPS) is 11.7. The van der Waals surface area contributed by atoms with Crippen LogP contribution >= 0.6 is 27.3 Å². The number of hydrogen-bond donors (Lipinski definition) is 2. The van der Waals surface area contributed by atoms with Crippen molar-refractivity contribution in [3.63, 3.8) is 0 Å². The first kappa shape index (κ1) is 16.6. The summed E-state index contributed by atoms with van der Waals surface area (Å²) in [5, 5.41) is 0. The van der Waals surface area contributed by atoms with Crippen molar-refractivity contribution in [3.05, 3.63) is 50.6 Å². The van der Waals surface area contributed by atoms with Gasteiger partial charge >= 0.3 is 0 Å². The highest BCUT2D eigenvalue weighted by molar-refractivity contribution is 9.11. The molecular weight excluding hydrogens is 372 g/mol. The highest BCUT2D eigenvalue weighted by atomic mass is 79.9. The molecule has 4 nitrogen and oxygen atoms in total. The van der Waals surface area contributed by atoms with Gasteiger partial charge in [0.25, 0.3) is 0 Å². The molecule has 0 atom stereocenters. The van der Waals surface area contributed by atoms with Crippen molar-refractivity contribution in [2.75, 3.05) is 13.1 Å². The first-order valence-electron chi connectivity index (χ1n) is 6.54. The zero-order valence-electron chi connectivity index (χ0n) is 11.4. The van der Waals surface area contributed by atoms with E-state index in [1.165, 1.54) is 0 Å². The average Bonchev–Trinajstić information content (AvgIpc) is 2.85. The van der Waals surface area contributed by atoms with Crippen LogP contribution in [0.2, 0.25) is 0 Å². The molecule has 21 heavy (non-hydrogen) atoms. The minimum absolute atomic E-state index is 0.288. The zero-order chi connectivity index (χ0) is 15.3. The largest absolute Gasteiger partial charge is 0.330 e. The lowest BCUT2D eigenvalue weighted by molar-refractivity contribution is 0.582. The van der Waals surface area contributed by atoms with E-state index < -0.39 is 10.0 Å². The molecule has 3 N–H and O–H groups in total. The molecule has 0 saturated carbocycles. The fourth-order valence-electron chi connectivity index (χ4n) is 1.88. The van der Waals surface area contributed by atoms with Gasteiger partial charge in [0.1, 0.15) is 0 Å². The molecule has 1 aromatic carbocycles. The van der Waals surface area contributed by atoms with Gasteiger partial charge in [-0.3, -0.25) is 0 Å². The van der Waals surface area contributed by atoms with Crippen LogP contribution in [-0.4, -0.2) is 21.5 Å². The molecule has 2 rings (SSSR count). The third kappa shape index (κ3) is 4.89. The number of rotatable bonds is 7. The molecule has 1 aromatic heterocycles. The van der Waals surface area contributed by atoms with E-state index in [2.05, 4.69) is 20.7 Å². The third-order valence-electron chi connectivity index (χ3n) is 2.96. The summed E-state index contributed by atoms with van der Waals surface area (Å²) in [7, 11) is -3.44. The van der Waals surface area contributed by atoms with Crippen molar-refractivity contribution in [1.82, 2.24) is 4.72 Å². The lowest BCUT2D eigenvalue weighted by Crippen LogP contribution is -2.25. The summed E-state index contributed by atoms with van der Waals surface area (Å²) in [5.74, 6) is 0. The van der Waals surface area contributed by atoms with E-state index in [1.807, 2.05) is 12.1 Å². The number of halogens is 1. The first-order valence-corrected chi connectivity index (χ1v) is 9.63. The molecule has 0 radical (unpaired) electrons. The van der Waals surface area contributed by atoms with Crippen LogP contribution in [0, 0.1) is 0 Å². The second-order valence-electron chi connectivity index (χ2n) is 4.54. The Hall–Kier alpha value is -0.730. The number of thiophene rings is 1. The Kier molecular flexibility index (Phi) is 5.95. The summed E-state index contributed by atoms with van der Waals surface area (Å²) >= 11 is 5.00. The van der Waals surface area contributed by atoms with Crippen molar-refractivity contribution in [1.29, 1.82) is 0 Å². The lowest BCUT2D eigenvalue weighted by atomic mass is 10.2. The van der Waals surface area contributed by atoms with E-state index in [4.69, 9.17) is 5.73 Å². The molecule has 0 spiro atoms. The second-order valence-corrected chi connectivity index (χ2v) is 8.85. The Bertz CT molecular complexity index is 681. The Morgan fingerprint density at radius 2 is 1.81 bits per heavy atom. The van der Waals surface area contributed by atoms with Crippen LogP contribution in [0.25, 0.3) is 0 Å². The van der Waals surface area contributed by atoms with E-state index in [9.17, 15) is 8.42 Å². The Morgan fingerprint density at radius 1 is 1.10 bits per heavy atom. The van der Waals surface area contributed by atoms with Gasteiger partial charge < -0.3 is 5.73 Å². The van der Waals surface area contributed by atoms with Crippen molar-refractivity contribution < 1.29 is 8.42 Å². The number of benzene rings is 1. The monoisotopic (exact) mass is 388 g/mol. The highest BCUT2D eigenvalue weighted by Crippen LogP contribution is 2.22. The maximum atomic E-state index is 12.2. The van der Waals surface area contributed by atoms with Gasteiger partial charge in [-0.25, -0.2) is 13.1 Å². The highest BCUT2D eigenvalue weighted by Gasteiger charge is 2.13. The van der Waals surface area contributed by atoms with Crippen LogP contribution in [0.5, 0.6) is 0 Å². The second kappa shape index (κ2) is 7.51. The van der Waals surface area contributed by atoms with Crippen molar-refractivity contribution in [3.8, 4) is 0 Å². The molecule has 7 heteroatoms. The molecule has 0 saturated heterocycles. The molecular formula is C14H17BrN2O2S2. The molecule has 0 fully saturated rings. The molecule has 0 unspecified atom stereocenters. The average molecular weight is 389 g/mol. The third-order valence-corrected chi connectivity index (χ3v) is 6.12. The van der Waals surface area contributed by atoms with Gasteiger partial charge in [0.15, 0.2) is 0 Å². The molecule has 114 valence electrons. The minimum Gasteiger partial charge on any atom is -0.330 e. The quantitative estimate of drug-likeness (QED) is 0.765. The van der Waals surface area contributed by atoms with E-state index >= 15 is 0 Å². The Morgan fingerprint density at radius 3 is 2.38 bits per heavy atom. The number of hydrogen-bond acceptors (Lipinski definition) is 4. The zero-order valence-corrected chi connectivity index (χ0v) is 14.6. The number of nitrogens with two attached hydrogens (primary N) is 1. The van der Waals surface area contributed by atoms with Gasteiger partial charge in [0.2, 0.25) is 10.0 Å². The molecule has 0 aliphatic heterocycles. The van der Waals surface area contributed by atoms with Crippen LogP contribution in [0.1, 0.15) is 10.4 Å². The predicted octanol–water partition coefficient (Wildman–Crippen LogP) is 2.53. The smallest absolute Gasteiger partial charge is 0.240 e. The van der Waals surface area contributed by atoms with Crippen LogP contribution in [0.15, 0.2) is 45.1 Å². The lowest BCUT2D eigenvalue weighted by Gasteiger charge is -2.07. The SMILES string of the molecule is NCCc1ccc(S(=O)(=O)NCCc2ccc(Br)s2)cc1. The Labute approximate surface area is 137 Å². The molecule has 0 bridgehead atoms. The van der Waals surface area contributed by atoms with Gasteiger partial charge in [0, 0.05) is 11.4 Å². The summed E-state index contributed by atoms with van der Waals surface area (Å²) in [6.45, 7) is 0.945. The summed E-state index contributed by atoms with van der Waals surface area (Å²) in [5.41, 5.74) is 6.52. The number of nitrogens with one attached hydrogen (secondary N) is 1. The van der Waals surface area contributed by atoms with Crippen molar-refractivity contribution in [2.24, 2.45) is 5.73 Å². The topological polar surface area (TPSA) is 72.2 Å². The van der Waals surface area contributed by atoms with Crippen molar-refractivity contribution in [2.45, 2.75) is 17.7 Å². The molecule has 0 amide bonds. The first-order chi connectivity index (χ1) is 10.0. The van der Waals surface area contributed by atoms with E-state index in [1.54, 1.807) is 35.6 Å². The van der Waals surface area contributed by atoms with Gasteiger partial charge in [-0.2, -0.15) is 0 Å². The fourth-order valence-corrected chi connectivity index (χ4v) is 4.39. The maximum absolute atomic E-state index is 12.2. The van der Waals surface area contributed by atoms with Crippen LogP contribution in [-0.2, 0) is 22.9 Å². The van der Waals surface area contributed by atoms with E-state index in [0.29, 0.717) is 19.5 Å². The van der Waals surface area contributed by atoms with Crippen LogP contribution in [0.4, 0.5) is 0 Å². The maximum Gasteiger partial charge on any atom is 0.240 e. The van der Waals surface area contributed by atoms with Gasteiger partial charge in [-0.1, -0.05) is 12.1 Å². The fraction of sp³-hybridized carbons (Fsp3) is 0.286. The summed E-state index contributed by atoms with van der Waals surface area (Å²) < 4.78 is 28.0. The van der Waals surface area contributed by atoms with Gasteiger partial charge in [-0.05, 0) is 65.1 Å². The standard InChI is InChI=1S/C14H17BrN2O2S2/c15-14-6-3-12(20-14)8-10-17-21(18,19)13-4-1-11(2-5-13)7-9-16/h1-6,17H,7-10,16H2.